The van der Waals surface area contributed by atoms with Crippen LogP contribution < -0.4 is 15.0 Å². The van der Waals surface area contributed by atoms with Gasteiger partial charge in [0.05, 0.1) is 17.8 Å². The molecule has 36 heavy (non-hydrogen) atoms. The van der Waals surface area contributed by atoms with Crippen molar-refractivity contribution < 1.29 is 9.53 Å². The van der Waals surface area contributed by atoms with Crippen molar-refractivity contribution >= 4 is 61.8 Å². The standard InChI is InChI=1S/C29H26BrN3O2S/c1-3-20-6-5-7-25-21(18-32(27(20)25)17-19-8-10-22(30)11-9-19)16-26-28(34)33(29(36)31-26)23-12-14-24(15-13-23)35-4-2/h5-16,18H,3-4,17H2,1-2H3,(H,31,36)/b26-16-. The number of nitrogens with one attached hydrogen (secondary N) is 1. The summed E-state index contributed by atoms with van der Waals surface area (Å²) in [5, 5.41) is 4.60. The van der Waals surface area contributed by atoms with Crippen molar-refractivity contribution in [2.45, 2.75) is 26.8 Å². The molecule has 182 valence electrons. The highest BCUT2D eigenvalue weighted by Crippen LogP contribution is 2.30. The second-order valence-corrected chi connectivity index (χ2v) is 9.86. The summed E-state index contributed by atoms with van der Waals surface area (Å²) in [5.41, 5.74) is 5.80. The lowest BCUT2D eigenvalue weighted by atomic mass is 10.1. The lowest BCUT2D eigenvalue weighted by Gasteiger charge is -2.14. The molecular weight excluding hydrogens is 534 g/mol. The summed E-state index contributed by atoms with van der Waals surface area (Å²) in [6.45, 7) is 5.43. The van der Waals surface area contributed by atoms with Gasteiger partial charge in [-0.2, -0.15) is 0 Å². The zero-order valence-corrected chi connectivity index (χ0v) is 22.5. The fourth-order valence-corrected chi connectivity index (χ4v) is 5.12. The lowest BCUT2D eigenvalue weighted by Crippen LogP contribution is -2.30. The minimum atomic E-state index is -0.176. The van der Waals surface area contributed by atoms with Gasteiger partial charge in [0, 0.05) is 28.2 Å². The molecule has 1 amide bonds. The monoisotopic (exact) mass is 559 g/mol. The highest BCUT2D eigenvalue weighted by molar-refractivity contribution is 9.10. The number of thiocarbonyl (C=S) groups is 1. The molecule has 2 heterocycles. The van der Waals surface area contributed by atoms with E-state index in [0.29, 0.717) is 23.1 Å². The minimum absolute atomic E-state index is 0.176. The number of ether oxygens (including phenoxy) is 1. The molecular formula is C29H26BrN3O2S. The second-order valence-electron chi connectivity index (χ2n) is 8.56. The van der Waals surface area contributed by atoms with Crippen LogP contribution in [0.4, 0.5) is 5.69 Å². The van der Waals surface area contributed by atoms with Gasteiger partial charge in [0.25, 0.3) is 5.91 Å². The van der Waals surface area contributed by atoms with Crippen molar-refractivity contribution in [1.29, 1.82) is 0 Å². The molecule has 1 saturated heterocycles. The average Bonchev–Trinajstić information content (AvgIpc) is 3.37. The predicted octanol–water partition coefficient (Wildman–Crippen LogP) is 6.68. The van der Waals surface area contributed by atoms with E-state index in [1.54, 1.807) is 0 Å². The summed E-state index contributed by atoms with van der Waals surface area (Å²) in [5.74, 6) is 0.581. The Bertz CT molecular complexity index is 1470. The van der Waals surface area contributed by atoms with Crippen LogP contribution in [0.1, 0.15) is 30.5 Å². The largest absolute Gasteiger partial charge is 0.494 e. The molecule has 5 nitrogen and oxygen atoms in total. The zero-order valence-electron chi connectivity index (χ0n) is 20.1. The van der Waals surface area contributed by atoms with E-state index in [1.807, 2.05) is 37.3 Å². The topological polar surface area (TPSA) is 46.5 Å². The quantitative estimate of drug-likeness (QED) is 0.203. The molecule has 5 rings (SSSR count). The number of anilines is 1. The fourth-order valence-electron chi connectivity index (χ4n) is 4.56. The second kappa shape index (κ2) is 10.3. The Morgan fingerprint density at radius 2 is 1.78 bits per heavy atom. The van der Waals surface area contributed by atoms with Crippen LogP contribution in [-0.2, 0) is 17.8 Å². The van der Waals surface area contributed by atoms with Crippen LogP contribution in [0.2, 0.25) is 0 Å². The molecule has 7 heteroatoms. The van der Waals surface area contributed by atoms with Gasteiger partial charge in [-0.3, -0.25) is 9.69 Å². The molecule has 0 radical (unpaired) electrons. The first kappa shape index (κ1) is 24.3. The SMILES string of the molecule is CCOc1ccc(N2C(=O)/C(=C/c3cn(Cc4ccc(Br)cc4)c4c(CC)cccc34)NC2=S)cc1. The highest BCUT2D eigenvalue weighted by atomic mass is 79.9. The van der Waals surface area contributed by atoms with Gasteiger partial charge in [0.2, 0.25) is 0 Å². The van der Waals surface area contributed by atoms with E-state index < -0.39 is 0 Å². The molecule has 1 aliphatic heterocycles. The number of hydrogen-bond donors (Lipinski definition) is 1. The number of fused-ring (bicyclic) bond motifs is 1. The van der Waals surface area contributed by atoms with Gasteiger partial charge in [0.15, 0.2) is 5.11 Å². The third-order valence-electron chi connectivity index (χ3n) is 6.24. The third-order valence-corrected chi connectivity index (χ3v) is 7.06. The van der Waals surface area contributed by atoms with Crippen LogP contribution in [0.15, 0.2) is 83.1 Å². The Morgan fingerprint density at radius 3 is 2.47 bits per heavy atom. The van der Waals surface area contributed by atoms with Gasteiger partial charge in [-0.1, -0.05) is 53.2 Å². The molecule has 0 bridgehead atoms. The summed E-state index contributed by atoms with van der Waals surface area (Å²) in [6, 6.07) is 22.1. The van der Waals surface area contributed by atoms with Crippen LogP contribution in [0.5, 0.6) is 5.75 Å². The zero-order chi connectivity index (χ0) is 25.2. The van der Waals surface area contributed by atoms with E-state index in [2.05, 4.69) is 81.4 Å². The number of halogens is 1. The van der Waals surface area contributed by atoms with Crippen LogP contribution in [0.25, 0.3) is 17.0 Å². The summed E-state index contributed by atoms with van der Waals surface area (Å²) in [7, 11) is 0. The number of para-hydroxylation sites is 1. The lowest BCUT2D eigenvalue weighted by molar-refractivity contribution is -0.113. The van der Waals surface area contributed by atoms with Gasteiger partial charge < -0.3 is 14.6 Å². The molecule has 1 fully saturated rings. The predicted molar refractivity (Wildman–Crippen MR) is 153 cm³/mol. The van der Waals surface area contributed by atoms with Crippen molar-refractivity contribution in [2.24, 2.45) is 0 Å². The van der Waals surface area contributed by atoms with Crippen molar-refractivity contribution in [3.05, 3.63) is 99.8 Å². The summed E-state index contributed by atoms with van der Waals surface area (Å²) < 4.78 is 8.85. The van der Waals surface area contributed by atoms with Gasteiger partial charge >= 0.3 is 0 Å². The normalized spacial score (nSPS) is 14.6. The van der Waals surface area contributed by atoms with E-state index in [1.165, 1.54) is 21.5 Å². The Kier molecular flexibility index (Phi) is 6.94. The number of aryl methyl sites for hydroxylation is 1. The summed E-state index contributed by atoms with van der Waals surface area (Å²) in [4.78, 5) is 14.9. The number of hydrogen-bond acceptors (Lipinski definition) is 3. The molecule has 0 saturated carbocycles. The maximum Gasteiger partial charge on any atom is 0.281 e. The van der Waals surface area contributed by atoms with E-state index in [9.17, 15) is 4.79 Å². The molecule has 4 aromatic rings. The van der Waals surface area contributed by atoms with Crippen molar-refractivity contribution in [2.75, 3.05) is 11.5 Å². The van der Waals surface area contributed by atoms with Gasteiger partial charge in [-0.15, -0.1) is 0 Å². The van der Waals surface area contributed by atoms with Crippen molar-refractivity contribution in [3.63, 3.8) is 0 Å². The van der Waals surface area contributed by atoms with E-state index >= 15 is 0 Å². The molecule has 1 aliphatic rings. The Hall–Kier alpha value is -3.42. The number of rotatable bonds is 7. The number of amides is 1. The Morgan fingerprint density at radius 1 is 1.03 bits per heavy atom. The number of carbonyl (C=O) groups is 1. The van der Waals surface area contributed by atoms with Gasteiger partial charge in [0.1, 0.15) is 11.4 Å². The Balaban J connectivity index is 1.51. The fraction of sp³-hybridized carbons (Fsp3) is 0.172. The van der Waals surface area contributed by atoms with Crippen LogP contribution in [0.3, 0.4) is 0 Å². The molecule has 0 spiro atoms. The third kappa shape index (κ3) is 4.68. The average molecular weight is 561 g/mol. The van der Waals surface area contributed by atoms with Gasteiger partial charge in [-0.25, -0.2) is 0 Å². The molecule has 0 unspecified atom stereocenters. The number of carbonyl (C=O) groups excluding carboxylic acids is 1. The number of nitrogens with zero attached hydrogens (tertiary/aromatic N) is 2. The molecule has 1 aromatic heterocycles. The van der Waals surface area contributed by atoms with Crippen LogP contribution in [-0.4, -0.2) is 22.2 Å². The minimum Gasteiger partial charge on any atom is -0.494 e. The summed E-state index contributed by atoms with van der Waals surface area (Å²) >= 11 is 9.04. The van der Waals surface area contributed by atoms with Crippen LogP contribution in [0, 0.1) is 0 Å². The first-order valence-corrected chi connectivity index (χ1v) is 13.1. The van der Waals surface area contributed by atoms with Crippen LogP contribution >= 0.6 is 28.1 Å². The first-order chi connectivity index (χ1) is 17.5. The van der Waals surface area contributed by atoms with Gasteiger partial charge in [-0.05, 0) is 79.2 Å². The highest BCUT2D eigenvalue weighted by Gasteiger charge is 2.32. The number of benzene rings is 3. The van der Waals surface area contributed by atoms with E-state index in [-0.39, 0.29) is 5.91 Å². The van der Waals surface area contributed by atoms with E-state index in [4.69, 9.17) is 17.0 Å². The molecule has 1 N–H and O–H groups in total. The maximum atomic E-state index is 13.4. The maximum absolute atomic E-state index is 13.4. The number of aromatic nitrogens is 1. The first-order valence-electron chi connectivity index (χ1n) is 11.9. The van der Waals surface area contributed by atoms with E-state index in [0.717, 1.165) is 34.1 Å². The van der Waals surface area contributed by atoms with Crippen molar-refractivity contribution in [1.82, 2.24) is 9.88 Å². The molecule has 0 atom stereocenters. The molecule has 3 aromatic carbocycles. The van der Waals surface area contributed by atoms with Crippen molar-refractivity contribution in [3.8, 4) is 5.75 Å². The summed E-state index contributed by atoms with van der Waals surface area (Å²) in [6.07, 6.45) is 4.95. The molecule has 0 aliphatic carbocycles. The smallest absolute Gasteiger partial charge is 0.281 e. The Labute approximate surface area is 224 Å².